The second-order valence-electron chi connectivity index (χ2n) is 7.42. The lowest BCUT2D eigenvalue weighted by molar-refractivity contribution is -0.123. The lowest BCUT2D eigenvalue weighted by atomic mass is 9.88. The van der Waals surface area contributed by atoms with E-state index in [1.54, 1.807) is 13.3 Å². The van der Waals surface area contributed by atoms with E-state index in [-0.39, 0.29) is 11.8 Å². The molecule has 0 spiro atoms. The van der Waals surface area contributed by atoms with Gasteiger partial charge < -0.3 is 9.30 Å². The van der Waals surface area contributed by atoms with Crippen LogP contribution in [-0.2, 0) is 16.1 Å². The Kier molecular flexibility index (Phi) is 5.23. The first-order chi connectivity index (χ1) is 13.0. The first kappa shape index (κ1) is 18.5. The summed E-state index contributed by atoms with van der Waals surface area (Å²) in [6, 6.07) is 3.51. The molecule has 7 heteroatoms. The van der Waals surface area contributed by atoms with E-state index < -0.39 is 11.6 Å². The number of benzene rings is 1. The van der Waals surface area contributed by atoms with Crippen LogP contribution in [0.15, 0.2) is 29.4 Å². The molecule has 0 radical (unpaired) electrons. The van der Waals surface area contributed by atoms with Crippen molar-refractivity contribution in [3.63, 3.8) is 0 Å². The van der Waals surface area contributed by atoms with Gasteiger partial charge in [-0.25, -0.2) is 8.78 Å². The molecular formula is C20H22F2N2O2S. The number of amides is 1. The summed E-state index contributed by atoms with van der Waals surface area (Å²) in [6.45, 7) is 0.968. The predicted octanol–water partition coefficient (Wildman–Crippen LogP) is 4.00. The Morgan fingerprint density at radius 1 is 1.33 bits per heavy atom. The smallest absolute Gasteiger partial charge is 0.251 e. The van der Waals surface area contributed by atoms with Crippen molar-refractivity contribution >= 4 is 17.2 Å². The molecule has 2 fully saturated rings. The van der Waals surface area contributed by atoms with Gasteiger partial charge in [0.1, 0.15) is 11.6 Å². The number of methoxy groups -OCH3 is 1. The minimum absolute atomic E-state index is 0.0210. The van der Waals surface area contributed by atoms with E-state index in [0.29, 0.717) is 40.2 Å². The van der Waals surface area contributed by atoms with Crippen molar-refractivity contribution < 1.29 is 18.3 Å². The first-order valence-corrected chi connectivity index (χ1v) is 10.1. The Morgan fingerprint density at radius 2 is 2.19 bits per heavy atom. The quantitative estimate of drug-likeness (QED) is 0.772. The number of hydrogen-bond acceptors (Lipinski definition) is 3. The third kappa shape index (κ3) is 3.75. The molecule has 144 valence electrons. The molecule has 1 aromatic carbocycles. The molecule has 2 aromatic rings. The van der Waals surface area contributed by atoms with Gasteiger partial charge in [-0.15, -0.1) is 0 Å². The third-order valence-corrected chi connectivity index (χ3v) is 6.77. The molecule has 1 amide bonds. The van der Waals surface area contributed by atoms with Gasteiger partial charge in [-0.1, -0.05) is 17.8 Å². The van der Waals surface area contributed by atoms with Gasteiger partial charge in [-0.3, -0.25) is 4.79 Å². The Bertz CT molecular complexity index is 921. The number of fused-ring (bicyclic) bond motifs is 2. The summed E-state index contributed by atoms with van der Waals surface area (Å²) in [4.78, 5) is 18.3. The number of hydrogen-bond donors (Lipinski definition) is 0. The molecule has 2 bridgehead atoms. The van der Waals surface area contributed by atoms with Gasteiger partial charge in [0.15, 0.2) is 4.80 Å². The number of carbonyl (C=O) groups is 1. The molecule has 2 aliphatic rings. The van der Waals surface area contributed by atoms with Gasteiger partial charge in [-0.2, -0.15) is 4.99 Å². The number of aromatic nitrogens is 1. The number of nitrogens with zero attached hydrogens (tertiary/aromatic N) is 2. The highest BCUT2D eigenvalue weighted by Gasteiger charge is 2.43. The van der Waals surface area contributed by atoms with Crippen molar-refractivity contribution in [3.8, 4) is 10.4 Å². The minimum Gasteiger partial charge on any atom is -0.383 e. The van der Waals surface area contributed by atoms with E-state index >= 15 is 0 Å². The molecule has 1 aromatic heterocycles. The van der Waals surface area contributed by atoms with Gasteiger partial charge in [-0.05, 0) is 43.2 Å². The van der Waals surface area contributed by atoms with Crippen LogP contribution < -0.4 is 4.80 Å². The van der Waals surface area contributed by atoms with Crippen LogP contribution in [0.1, 0.15) is 25.7 Å². The fraction of sp³-hybridized carbons (Fsp3) is 0.500. The van der Waals surface area contributed by atoms with E-state index in [0.717, 1.165) is 25.3 Å². The average molecular weight is 392 g/mol. The van der Waals surface area contributed by atoms with Gasteiger partial charge in [0.25, 0.3) is 5.91 Å². The lowest BCUT2D eigenvalue weighted by Crippen LogP contribution is -2.24. The van der Waals surface area contributed by atoms with Crippen LogP contribution in [0.4, 0.5) is 8.78 Å². The summed E-state index contributed by atoms with van der Waals surface area (Å²) in [5.74, 6) is -0.147. The lowest BCUT2D eigenvalue weighted by Gasteiger charge is -2.17. The van der Waals surface area contributed by atoms with Crippen molar-refractivity contribution in [1.82, 2.24) is 4.57 Å². The molecular weight excluding hydrogens is 370 g/mol. The van der Waals surface area contributed by atoms with E-state index in [4.69, 9.17) is 4.74 Å². The van der Waals surface area contributed by atoms with E-state index in [1.165, 1.54) is 29.9 Å². The molecule has 0 aliphatic heterocycles. The number of carbonyl (C=O) groups excluding carboxylic acids is 1. The molecule has 4 rings (SSSR count). The largest absolute Gasteiger partial charge is 0.383 e. The topological polar surface area (TPSA) is 43.6 Å². The van der Waals surface area contributed by atoms with Crippen LogP contribution in [0.25, 0.3) is 10.4 Å². The van der Waals surface area contributed by atoms with Gasteiger partial charge in [0.05, 0.1) is 11.5 Å². The number of rotatable bonds is 5. The minimum atomic E-state index is -0.624. The van der Waals surface area contributed by atoms with Crippen molar-refractivity contribution in [2.45, 2.75) is 32.2 Å². The normalized spacial score (nSPS) is 24.7. The Morgan fingerprint density at radius 3 is 2.85 bits per heavy atom. The van der Waals surface area contributed by atoms with E-state index in [1.807, 2.05) is 4.57 Å². The van der Waals surface area contributed by atoms with Crippen molar-refractivity contribution in [2.75, 3.05) is 13.7 Å². The zero-order valence-electron chi connectivity index (χ0n) is 15.2. The summed E-state index contributed by atoms with van der Waals surface area (Å²) in [5.41, 5.74) is 0.307. The summed E-state index contributed by atoms with van der Waals surface area (Å²) in [5, 5.41) is 0. The number of ether oxygens (including phenoxy) is 1. The molecule has 3 atom stereocenters. The average Bonchev–Trinajstić information content (AvgIpc) is 3.35. The highest BCUT2D eigenvalue weighted by Crippen LogP contribution is 2.48. The maximum absolute atomic E-state index is 14.2. The zero-order valence-corrected chi connectivity index (χ0v) is 16.0. The number of thiazole rings is 1. The van der Waals surface area contributed by atoms with Crippen molar-refractivity contribution in [1.29, 1.82) is 0 Å². The highest BCUT2D eigenvalue weighted by atomic mass is 32.1. The Labute approximate surface area is 160 Å². The summed E-state index contributed by atoms with van der Waals surface area (Å²) < 4.78 is 34.3. The molecule has 1 heterocycles. The third-order valence-electron chi connectivity index (χ3n) is 5.71. The van der Waals surface area contributed by atoms with Crippen LogP contribution in [-0.4, -0.2) is 24.2 Å². The summed E-state index contributed by atoms with van der Waals surface area (Å²) in [6.07, 6.45) is 6.20. The summed E-state index contributed by atoms with van der Waals surface area (Å²) in [7, 11) is 1.60. The van der Waals surface area contributed by atoms with Gasteiger partial charge in [0, 0.05) is 37.4 Å². The Hall–Kier alpha value is -1.86. The molecule has 27 heavy (non-hydrogen) atoms. The predicted molar refractivity (Wildman–Crippen MR) is 99.0 cm³/mol. The van der Waals surface area contributed by atoms with Crippen LogP contribution in [0.3, 0.4) is 0 Å². The monoisotopic (exact) mass is 392 g/mol. The molecule has 2 saturated carbocycles. The molecule has 2 aliphatic carbocycles. The molecule has 0 saturated heterocycles. The Balaban J connectivity index is 1.68. The fourth-order valence-corrected chi connectivity index (χ4v) is 5.40. The maximum atomic E-state index is 14.2. The SMILES string of the molecule is COCCn1cc(-c2ccc(F)cc2F)s/c1=N\C(=O)C1CC2CCC1C2. The molecule has 4 nitrogen and oxygen atoms in total. The second-order valence-corrected chi connectivity index (χ2v) is 8.43. The van der Waals surface area contributed by atoms with Gasteiger partial charge in [0.2, 0.25) is 0 Å². The maximum Gasteiger partial charge on any atom is 0.251 e. The standard InChI is InChI=1S/C20H22F2N2O2S/c1-26-7-6-24-11-18(15-5-4-14(21)10-17(15)22)27-20(24)23-19(25)16-9-12-2-3-13(16)8-12/h4-5,10-13,16H,2-3,6-9H2,1H3/b23-20-. The zero-order chi connectivity index (χ0) is 19.0. The van der Waals surface area contributed by atoms with Gasteiger partial charge >= 0.3 is 0 Å². The highest BCUT2D eigenvalue weighted by molar-refractivity contribution is 7.12. The van der Waals surface area contributed by atoms with Crippen LogP contribution in [0.5, 0.6) is 0 Å². The summed E-state index contributed by atoms with van der Waals surface area (Å²) >= 11 is 1.25. The van der Waals surface area contributed by atoms with E-state index in [9.17, 15) is 13.6 Å². The van der Waals surface area contributed by atoms with E-state index in [2.05, 4.69) is 4.99 Å². The fourth-order valence-electron chi connectivity index (χ4n) is 4.36. The van der Waals surface area contributed by atoms with Crippen molar-refractivity contribution in [2.24, 2.45) is 22.7 Å². The first-order valence-electron chi connectivity index (χ1n) is 9.28. The van der Waals surface area contributed by atoms with Crippen LogP contribution in [0.2, 0.25) is 0 Å². The second kappa shape index (κ2) is 7.64. The van der Waals surface area contributed by atoms with Crippen LogP contribution >= 0.6 is 11.3 Å². The molecule has 0 N–H and O–H groups in total. The molecule has 3 unspecified atom stereocenters. The number of halogens is 2. The van der Waals surface area contributed by atoms with Crippen molar-refractivity contribution in [3.05, 3.63) is 40.8 Å². The van der Waals surface area contributed by atoms with Crippen LogP contribution in [0, 0.1) is 29.4 Å².